The largest absolute Gasteiger partial charge is 0.465 e. The van der Waals surface area contributed by atoms with Gasteiger partial charge >= 0.3 is 12.2 Å². The number of nitrogens with zero attached hydrogens (tertiary/aromatic N) is 2. The van der Waals surface area contributed by atoms with E-state index in [2.05, 4.69) is 21.4 Å². The molecule has 1 aromatic carbocycles. The molecule has 2 fully saturated rings. The number of carbonyl (C=O) groups is 5. The minimum Gasteiger partial charge on any atom is -0.465 e. The van der Waals surface area contributed by atoms with Crippen molar-refractivity contribution in [2.24, 2.45) is 11.3 Å². The van der Waals surface area contributed by atoms with Gasteiger partial charge < -0.3 is 25.4 Å². The fourth-order valence-corrected chi connectivity index (χ4v) is 8.24. The average Bonchev–Trinajstić information content (AvgIpc) is 3.76. The van der Waals surface area contributed by atoms with Gasteiger partial charge in [-0.15, -0.1) is 0 Å². The van der Waals surface area contributed by atoms with E-state index < -0.39 is 58.5 Å². The maximum atomic E-state index is 14.0. The molecule has 0 aliphatic carbocycles. The Morgan fingerprint density at radius 2 is 1.75 bits per heavy atom. The van der Waals surface area contributed by atoms with Crippen LogP contribution in [0.5, 0.6) is 0 Å². The fraction of sp³-hybridized carbons (Fsp3) is 0.711. The summed E-state index contributed by atoms with van der Waals surface area (Å²) in [6.45, 7) is 8.94. The van der Waals surface area contributed by atoms with Crippen molar-refractivity contribution in [3.63, 3.8) is 0 Å². The third-order valence-electron chi connectivity index (χ3n) is 10.4. The van der Waals surface area contributed by atoms with Gasteiger partial charge in [0.25, 0.3) is 5.91 Å². The first-order chi connectivity index (χ1) is 24.7. The first-order valence-electron chi connectivity index (χ1n) is 19.0. The highest BCUT2D eigenvalue weighted by Gasteiger charge is 2.43. The molecule has 0 saturated carbocycles. The van der Waals surface area contributed by atoms with Crippen LogP contribution in [0.1, 0.15) is 121 Å². The Bertz CT molecular complexity index is 1450. The van der Waals surface area contributed by atoms with Crippen LogP contribution in [0.4, 0.5) is 9.59 Å². The van der Waals surface area contributed by atoms with E-state index in [1.165, 1.54) is 15.4 Å². The summed E-state index contributed by atoms with van der Waals surface area (Å²) in [6.07, 6.45) is 8.91. The van der Waals surface area contributed by atoms with E-state index in [1.807, 2.05) is 39.8 Å². The summed E-state index contributed by atoms with van der Waals surface area (Å²) >= 11 is 0. The third kappa shape index (κ3) is 11.9. The van der Waals surface area contributed by atoms with Gasteiger partial charge in [0.1, 0.15) is 29.1 Å². The second-order valence-corrected chi connectivity index (χ2v) is 17.1. The maximum Gasteiger partial charge on any atom is 0.407 e. The molecule has 3 aliphatic heterocycles. The zero-order chi connectivity index (χ0) is 37.8. The van der Waals surface area contributed by atoms with Gasteiger partial charge in [0.15, 0.2) is 0 Å². The van der Waals surface area contributed by atoms with Crippen LogP contribution in [0.15, 0.2) is 18.2 Å². The van der Waals surface area contributed by atoms with Gasteiger partial charge in [-0.1, -0.05) is 84.4 Å². The minimum atomic E-state index is -1.51. The summed E-state index contributed by atoms with van der Waals surface area (Å²) in [5.41, 5.74) is 2.68. The Labute approximate surface area is 310 Å². The summed E-state index contributed by atoms with van der Waals surface area (Å²) in [5.74, 6) is -0.795. The number of nitrogens with one attached hydrogen (secondary N) is 3. The van der Waals surface area contributed by atoms with Gasteiger partial charge in [0.2, 0.25) is 11.8 Å². The number of unbranched alkanes of at least 4 members (excludes halogenated alkanes) is 1. The highest BCUT2D eigenvalue weighted by Crippen LogP contribution is 2.28. The Kier molecular flexibility index (Phi) is 15.3. The minimum absolute atomic E-state index is 0.0931. The number of likely N-dealkylation sites (tertiary alicyclic amines) is 1. The molecule has 4 rings (SSSR count). The molecule has 0 radical (unpaired) electrons. The normalized spacial score (nSPS) is 22.6. The molecule has 2 saturated heterocycles. The summed E-state index contributed by atoms with van der Waals surface area (Å²) in [6, 6.07) is 3.46. The lowest BCUT2D eigenvalue weighted by molar-refractivity contribution is -0.142. The van der Waals surface area contributed by atoms with Crippen LogP contribution in [-0.4, -0.2) is 86.1 Å². The lowest BCUT2D eigenvalue weighted by Crippen LogP contribution is -2.59. The molecule has 0 spiro atoms. The lowest BCUT2D eigenvalue weighted by Gasteiger charge is -2.35. The third-order valence-corrected chi connectivity index (χ3v) is 11.5. The standard InChI is InChI=1S/C38H59N5O8S/c1-26(15-10-11-16-27-17-13-18-28-23-42(37(48)49)24-29(27)28)25-51-36(47)40-32(38(2,3)4)35(46)43-21-14-20-31(43)34(45)39-30-19-9-7-5-6-8-12-22-52(50)41-33(30)44/h13,17-18,26,30-32H,5-12,14-16,19-25H2,1-4H3,(H,39,45)(H,40,47)(H,41,44)(H,48,49). The Balaban J connectivity index is 1.26. The summed E-state index contributed by atoms with van der Waals surface area (Å²) < 4.78 is 20.5. The first-order valence-corrected chi connectivity index (χ1v) is 20.4. The Morgan fingerprint density at radius 1 is 1.02 bits per heavy atom. The number of carboxylic acid groups (broad SMARTS) is 1. The molecule has 1 aromatic rings. The molecule has 3 aliphatic rings. The van der Waals surface area contributed by atoms with E-state index in [-0.39, 0.29) is 18.4 Å². The van der Waals surface area contributed by atoms with Crippen molar-refractivity contribution < 1.29 is 38.0 Å². The second-order valence-electron chi connectivity index (χ2n) is 15.8. The smallest absolute Gasteiger partial charge is 0.407 e. The molecule has 4 N–H and O–H groups in total. The highest BCUT2D eigenvalue weighted by atomic mass is 32.2. The predicted octanol–water partition coefficient (Wildman–Crippen LogP) is 5.17. The van der Waals surface area contributed by atoms with Crippen molar-refractivity contribution in [2.45, 2.75) is 142 Å². The SMILES string of the molecule is CC(CCCCc1cccc2c1CN(C(=O)O)C2)COC(=O)NC(C(=O)N1CCCC1C(=O)NC1CCCCCCCCS(=O)NC1=O)C(C)(C)C. The molecule has 3 heterocycles. The van der Waals surface area contributed by atoms with Crippen LogP contribution in [0.3, 0.4) is 0 Å². The van der Waals surface area contributed by atoms with Gasteiger partial charge in [0.05, 0.1) is 6.61 Å². The molecule has 13 nitrogen and oxygen atoms in total. The number of fused-ring (bicyclic) bond motifs is 1. The summed E-state index contributed by atoms with van der Waals surface area (Å²) in [7, 11) is -1.51. The molecule has 5 unspecified atom stereocenters. The lowest BCUT2D eigenvalue weighted by atomic mass is 9.85. The van der Waals surface area contributed by atoms with Crippen molar-refractivity contribution >= 4 is 40.9 Å². The van der Waals surface area contributed by atoms with Crippen molar-refractivity contribution in [3.8, 4) is 0 Å². The summed E-state index contributed by atoms with van der Waals surface area (Å²) in [5, 5.41) is 15.0. The van der Waals surface area contributed by atoms with Gasteiger partial charge in [-0.3, -0.25) is 24.0 Å². The molecular weight excluding hydrogens is 687 g/mol. The van der Waals surface area contributed by atoms with Crippen molar-refractivity contribution in [3.05, 3.63) is 34.9 Å². The zero-order valence-electron chi connectivity index (χ0n) is 31.4. The van der Waals surface area contributed by atoms with E-state index in [9.17, 15) is 33.3 Å². The number of amides is 5. The van der Waals surface area contributed by atoms with E-state index >= 15 is 0 Å². The first kappa shape index (κ1) is 41.1. The number of benzene rings is 1. The number of hydrogen-bond acceptors (Lipinski definition) is 7. The van der Waals surface area contributed by atoms with Crippen LogP contribution >= 0.6 is 0 Å². The number of alkyl carbamates (subject to hydrolysis) is 1. The fourth-order valence-electron chi connectivity index (χ4n) is 7.31. The van der Waals surface area contributed by atoms with E-state index in [0.29, 0.717) is 44.6 Å². The Morgan fingerprint density at radius 3 is 2.48 bits per heavy atom. The van der Waals surface area contributed by atoms with Crippen molar-refractivity contribution in [1.29, 1.82) is 0 Å². The maximum absolute atomic E-state index is 14.0. The van der Waals surface area contributed by atoms with E-state index in [0.717, 1.165) is 75.3 Å². The molecule has 52 heavy (non-hydrogen) atoms. The van der Waals surface area contributed by atoms with Crippen LogP contribution in [0.2, 0.25) is 0 Å². The van der Waals surface area contributed by atoms with Crippen molar-refractivity contribution in [2.75, 3.05) is 18.9 Å². The Hall–Kier alpha value is -3.68. The molecule has 5 atom stereocenters. The topological polar surface area (TPSA) is 174 Å². The van der Waals surface area contributed by atoms with Gasteiger partial charge in [-0.25, -0.2) is 13.8 Å². The van der Waals surface area contributed by atoms with Gasteiger partial charge in [-0.2, -0.15) is 0 Å². The molecule has 5 amide bonds. The zero-order valence-corrected chi connectivity index (χ0v) is 32.2. The second kappa shape index (κ2) is 19.4. The molecule has 0 aromatic heterocycles. The van der Waals surface area contributed by atoms with Crippen LogP contribution < -0.4 is 15.4 Å². The number of aryl methyl sites for hydroxylation is 1. The number of hydrogen-bond donors (Lipinski definition) is 4. The number of ether oxygens (including phenoxy) is 1. The summed E-state index contributed by atoms with van der Waals surface area (Å²) in [4.78, 5) is 67.9. The average molecular weight is 746 g/mol. The van der Waals surface area contributed by atoms with Crippen LogP contribution in [-0.2, 0) is 49.6 Å². The highest BCUT2D eigenvalue weighted by molar-refractivity contribution is 7.83. The van der Waals surface area contributed by atoms with Crippen molar-refractivity contribution in [1.82, 2.24) is 25.2 Å². The van der Waals surface area contributed by atoms with Gasteiger partial charge in [-0.05, 0) is 73.0 Å². The van der Waals surface area contributed by atoms with Crippen LogP contribution in [0, 0.1) is 11.3 Å². The number of carbonyl (C=O) groups excluding carboxylic acids is 4. The number of rotatable bonds is 11. The molecule has 0 bridgehead atoms. The molecular formula is C38H59N5O8S. The van der Waals surface area contributed by atoms with E-state index in [4.69, 9.17) is 4.74 Å². The van der Waals surface area contributed by atoms with Gasteiger partial charge in [0, 0.05) is 25.4 Å². The molecule has 14 heteroatoms. The monoisotopic (exact) mass is 745 g/mol. The van der Waals surface area contributed by atoms with Crippen LogP contribution in [0.25, 0.3) is 0 Å². The molecule has 290 valence electrons. The predicted molar refractivity (Wildman–Crippen MR) is 198 cm³/mol. The van der Waals surface area contributed by atoms with E-state index in [1.54, 1.807) is 0 Å². The quantitative estimate of drug-likeness (QED) is 0.225.